The Bertz CT molecular complexity index is 1060. The Morgan fingerprint density at radius 3 is 2.32 bits per heavy atom. The third kappa shape index (κ3) is 4.55. The Morgan fingerprint density at radius 2 is 1.68 bits per heavy atom. The second-order valence-corrected chi connectivity index (χ2v) is 8.04. The lowest BCUT2D eigenvalue weighted by molar-refractivity contribution is 0.103. The zero-order valence-electron chi connectivity index (χ0n) is 15.5. The standard InChI is InChI=1S/C21H20N2O4S/c1-15(2)27-17-8-10-18(11-9-17)28(25,26)23-20-12-13-22-14-19(20)21(24)16-6-4-3-5-7-16/h3-15H,1-2H3,(H,22,23). The first-order valence-electron chi connectivity index (χ1n) is 8.70. The second kappa shape index (κ2) is 8.22. The van der Waals surface area contributed by atoms with E-state index in [0.717, 1.165) is 0 Å². The molecule has 7 heteroatoms. The molecule has 0 atom stereocenters. The number of sulfonamides is 1. The molecule has 0 aliphatic rings. The normalized spacial score (nSPS) is 11.2. The zero-order valence-corrected chi connectivity index (χ0v) is 16.3. The first-order valence-corrected chi connectivity index (χ1v) is 10.2. The molecule has 6 nitrogen and oxygen atoms in total. The summed E-state index contributed by atoms with van der Waals surface area (Å²) < 4.78 is 33.5. The van der Waals surface area contributed by atoms with Crippen LogP contribution in [0.5, 0.6) is 5.75 Å². The van der Waals surface area contributed by atoms with E-state index in [1.165, 1.54) is 30.6 Å². The van der Waals surface area contributed by atoms with Gasteiger partial charge in [0.1, 0.15) is 5.75 Å². The van der Waals surface area contributed by atoms with E-state index in [1.807, 2.05) is 13.8 Å². The van der Waals surface area contributed by atoms with Crippen LogP contribution < -0.4 is 9.46 Å². The van der Waals surface area contributed by atoms with E-state index in [9.17, 15) is 13.2 Å². The number of benzene rings is 2. The Balaban J connectivity index is 1.88. The van der Waals surface area contributed by atoms with E-state index < -0.39 is 10.0 Å². The van der Waals surface area contributed by atoms with Gasteiger partial charge in [0, 0.05) is 18.0 Å². The largest absolute Gasteiger partial charge is 0.491 e. The second-order valence-electron chi connectivity index (χ2n) is 6.36. The molecule has 0 spiro atoms. The van der Waals surface area contributed by atoms with Gasteiger partial charge in [-0.2, -0.15) is 0 Å². The summed E-state index contributed by atoms with van der Waals surface area (Å²) in [7, 11) is -3.88. The smallest absolute Gasteiger partial charge is 0.261 e. The molecule has 0 aliphatic heterocycles. The third-order valence-electron chi connectivity index (χ3n) is 3.85. The molecular formula is C21H20N2O4S. The minimum absolute atomic E-state index is 0.0102. The number of carbonyl (C=O) groups excluding carboxylic acids is 1. The summed E-state index contributed by atoms with van der Waals surface area (Å²) in [6.45, 7) is 3.78. The highest BCUT2D eigenvalue weighted by molar-refractivity contribution is 7.92. The molecule has 1 N–H and O–H groups in total. The van der Waals surface area contributed by atoms with Gasteiger partial charge >= 0.3 is 0 Å². The van der Waals surface area contributed by atoms with Crippen molar-refractivity contribution >= 4 is 21.5 Å². The van der Waals surface area contributed by atoms with Gasteiger partial charge in [-0.1, -0.05) is 30.3 Å². The summed E-state index contributed by atoms with van der Waals surface area (Å²) in [5.74, 6) is 0.268. The lowest BCUT2D eigenvalue weighted by Crippen LogP contribution is -2.16. The maximum atomic E-state index is 12.8. The number of anilines is 1. The van der Waals surface area contributed by atoms with Crippen LogP contribution in [0, 0.1) is 0 Å². The molecule has 0 unspecified atom stereocenters. The Hall–Kier alpha value is -3.19. The van der Waals surface area contributed by atoms with Gasteiger partial charge in [-0.3, -0.25) is 14.5 Å². The molecular weight excluding hydrogens is 376 g/mol. The summed E-state index contributed by atoms with van der Waals surface area (Å²) in [6, 6.07) is 16.2. The van der Waals surface area contributed by atoms with E-state index in [-0.39, 0.29) is 28.0 Å². The van der Waals surface area contributed by atoms with Crippen LogP contribution in [-0.4, -0.2) is 25.3 Å². The average molecular weight is 396 g/mol. The number of aromatic nitrogens is 1. The van der Waals surface area contributed by atoms with Crippen LogP contribution in [0.15, 0.2) is 78.0 Å². The minimum atomic E-state index is -3.88. The fourth-order valence-electron chi connectivity index (χ4n) is 2.58. The van der Waals surface area contributed by atoms with Crippen molar-refractivity contribution in [3.63, 3.8) is 0 Å². The van der Waals surface area contributed by atoms with Crippen LogP contribution in [0.25, 0.3) is 0 Å². The molecule has 3 aromatic rings. The van der Waals surface area contributed by atoms with Gasteiger partial charge in [-0.15, -0.1) is 0 Å². The fourth-order valence-corrected chi connectivity index (χ4v) is 3.66. The molecule has 2 aromatic carbocycles. The number of nitrogens with one attached hydrogen (secondary N) is 1. The lowest BCUT2D eigenvalue weighted by Gasteiger charge is -2.13. The third-order valence-corrected chi connectivity index (χ3v) is 5.23. The number of ether oxygens (including phenoxy) is 1. The number of pyridine rings is 1. The molecule has 0 saturated heterocycles. The van der Waals surface area contributed by atoms with E-state index >= 15 is 0 Å². The van der Waals surface area contributed by atoms with E-state index in [0.29, 0.717) is 11.3 Å². The molecule has 1 aromatic heterocycles. The molecule has 144 valence electrons. The minimum Gasteiger partial charge on any atom is -0.491 e. The van der Waals surface area contributed by atoms with Crippen molar-refractivity contribution < 1.29 is 17.9 Å². The SMILES string of the molecule is CC(C)Oc1ccc(S(=O)(=O)Nc2ccncc2C(=O)c2ccccc2)cc1. The van der Waals surface area contributed by atoms with E-state index in [1.54, 1.807) is 42.5 Å². The Labute approximate surface area is 164 Å². The summed E-state index contributed by atoms with van der Waals surface area (Å²) in [4.78, 5) is 16.8. The van der Waals surface area contributed by atoms with Gasteiger partial charge in [0.25, 0.3) is 10.0 Å². The van der Waals surface area contributed by atoms with Gasteiger partial charge in [0.05, 0.1) is 22.3 Å². The average Bonchev–Trinajstić information content (AvgIpc) is 2.68. The van der Waals surface area contributed by atoms with E-state index in [4.69, 9.17) is 4.74 Å². The fraction of sp³-hybridized carbons (Fsp3) is 0.143. The van der Waals surface area contributed by atoms with Gasteiger partial charge in [0.2, 0.25) is 0 Å². The molecule has 0 saturated carbocycles. The van der Waals surface area contributed by atoms with Gasteiger partial charge < -0.3 is 4.74 Å². The topological polar surface area (TPSA) is 85.4 Å². The summed E-state index contributed by atoms with van der Waals surface area (Å²) in [6.07, 6.45) is 2.77. The van der Waals surface area contributed by atoms with Crippen molar-refractivity contribution in [1.82, 2.24) is 4.98 Å². The number of rotatable bonds is 7. The maximum Gasteiger partial charge on any atom is 0.261 e. The van der Waals surface area contributed by atoms with Crippen LogP contribution in [0.1, 0.15) is 29.8 Å². The first kappa shape index (κ1) is 19.6. The monoisotopic (exact) mass is 396 g/mol. The van der Waals surface area contributed by atoms with Crippen molar-refractivity contribution in [2.75, 3.05) is 4.72 Å². The van der Waals surface area contributed by atoms with E-state index in [2.05, 4.69) is 9.71 Å². The molecule has 0 fully saturated rings. The highest BCUT2D eigenvalue weighted by Crippen LogP contribution is 2.23. The predicted molar refractivity (Wildman–Crippen MR) is 107 cm³/mol. The number of nitrogens with zero attached hydrogens (tertiary/aromatic N) is 1. The van der Waals surface area contributed by atoms with Crippen molar-refractivity contribution in [2.24, 2.45) is 0 Å². The number of hydrogen-bond donors (Lipinski definition) is 1. The first-order chi connectivity index (χ1) is 13.4. The molecule has 0 radical (unpaired) electrons. The van der Waals surface area contributed by atoms with Crippen molar-refractivity contribution in [3.8, 4) is 5.75 Å². The highest BCUT2D eigenvalue weighted by atomic mass is 32.2. The van der Waals surface area contributed by atoms with Gasteiger partial charge in [-0.25, -0.2) is 8.42 Å². The predicted octanol–water partition coefficient (Wildman–Crippen LogP) is 3.90. The molecule has 0 aliphatic carbocycles. The number of ketones is 1. The molecule has 1 heterocycles. The van der Waals surface area contributed by atoms with Crippen LogP contribution in [0.2, 0.25) is 0 Å². The number of carbonyl (C=O) groups is 1. The quantitative estimate of drug-likeness (QED) is 0.612. The van der Waals surface area contributed by atoms with Gasteiger partial charge in [-0.05, 0) is 44.2 Å². The van der Waals surface area contributed by atoms with Crippen LogP contribution in [-0.2, 0) is 10.0 Å². The summed E-state index contributed by atoms with van der Waals surface area (Å²) >= 11 is 0. The van der Waals surface area contributed by atoms with Crippen molar-refractivity contribution in [3.05, 3.63) is 84.2 Å². The van der Waals surface area contributed by atoms with Gasteiger partial charge in [0.15, 0.2) is 5.78 Å². The van der Waals surface area contributed by atoms with Crippen LogP contribution in [0.4, 0.5) is 5.69 Å². The highest BCUT2D eigenvalue weighted by Gasteiger charge is 2.20. The van der Waals surface area contributed by atoms with Crippen molar-refractivity contribution in [2.45, 2.75) is 24.8 Å². The summed E-state index contributed by atoms with van der Waals surface area (Å²) in [5, 5.41) is 0. The Morgan fingerprint density at radius 1 is 1.00 bits per heavy atom. The summed E-state index contributed by atoms with van der Waals surface area (Å²) in [5.41, 5.74) is 0.800. The molecule has 28 heavy (non-hydrogen) atoms. The molecule has 0 bridgehead atoms. The number of hydrogen-bond acceptors (Lipinski definition) is 5. The lowest BCUT2D eigenvalue weighted by atomic mass is 10.0. The Kier molecular flexibility index (Phi) is 5.75. The molecule has 0 amide bonds. The zero-order chi connectivity index (χ0) is 20.1. The maximum absolute atomic E-state index is 12.8. The van der Waals surface area contributed by atoms with Crippen molar-refractivity contribution in [1.29, 1.82) is 0 Å². The molecule has 3 rings (SSSR count). The van der Waals surface area contributed by atoms with Crippen LogP contribution in [0.3, 0.4) is 0 Å². The van der Waals surface area contributed by atoms with Crippen LogP contribution >= 0.6 is 0 Å².